The minimum atomic E-state index is 0.684. The first-order chi connectivity index (χ1) is 6.51. The van der Waals surface area contributed by atoms with Crippen LogP contribution in [0, 0.1) is 0 Å². The molecule has 0 aliphatic carbocycles. The van der Waals surface area contributed by atoms with Crippen LogP contribution in [0.2, 0.25) is 0 Å². The molecule has 0 saturated heterocycles. The van der Waals surface area contributed by atoms with Gasteiger partial charge in [0.2, 0.25) is 0 Å². The molecule has 0 aromatic heterocycles. The first-order valence-corrected chi connectivity index (χ1v) is 4.56. The van der Waals surface area contributed by atoms with Crippen LogP contribution in [0.25, 0.3) is 0 Å². The van der Waals surface area contributed by atoms with E-state index < -0.39 is 0 Å². The van der Waals surface area contributed by atoms with E-state index in [0.29, 0.717) is 5.70 Å². The standard InChI is InChI=1S/C12H18N2/c1-7-9(3)13-11(5)12(6)14-10(4)8-2/h7-8H,1,5H2,2-4,6H3/b10-8-,13-9?,14-12?. The van der Waals surface area contributed by atoms with Crippen molar-refractivity contribution in [3.05, 3.63) is 36.7 Å². The van der Waals surface area contributed by atoms with Crippen molar-refractivity contribution in [3.63, 3.8) is 0 Å². The zero-order chi connectivity index (χ0) is 11.1. The summed E-state index contributed by atoms with van der Waals surface area (Å²) in [6.45, 7) is 15.1. The molecule has 0 amide bonds. The quantitative estimate of drug-likeness (QED) is 0.606. The van der Waals surface area contributed by atoms with Gasteiger partial charge in [-0.15, -0.1) is 0 Å². The van der Waals surface area contributed by atoms with Crippen LogP contribution in [0.1, 0.15) is 27.7 Å². The summed E-state index contributed by atoms with van der Waals surface area (Å²) in [7, 11) is 0. The van der Waals surface area contributed by atoms with Gasteiger partial charge < -0.3 is 0 Å². The Morgan fingerprint density at radius 2 is 1.71 bits per heavy atom. The molecular weight excluding hydrogens is 172 g/mol. The lowest BCUT2D eigenvalue weighted by atomic mass is 10.3. The lowest BCUT2D eigenvalue weighted by Gasteiger charge is -2.00. The third-order valence-electron chi connectivity index (χ3n) is 1.79. The molecule has 0 aromatic carbocycles. The smallest absolute Gasteiger partial charge is 0.0773 e. The minimum Gasteiger partial charge on any atom is -0.257 e. The Balaban J connectivity index is 4.72. The summed E-state index contributed by atoms with van der Waals surface area (Å²) in [5, 5.41) is 0. The molecule has 0 saturated carbocycles. The van der Waals surface area contributed by atoms with Gasteiger partial charge in [-0.25, -0.2) is 0 Å². The second kappa shape index (κ2) is 6.08. The monoisotopic (exact) mass is 190 g/mol. The Hall–Kier alpha value is -1.44. The third kappa shape index (κ3) is 4.55. The average molecular weight is 190 g/mol. The molecule has 2 heteroatoms. The van der Waals surface area contributed by atoms with Crippen molar-refractivity contribution in [2.75, 3.05) is 0 Å². The first-order valence-electron chi connectivity index (χ1n) is 4.56. The SMILES string of the molecule is C=CC(C)=NC(=C)C(C)=N/C(C)=C\C. The van der Waals surface area contributed by atoms with Crippen molar-refractivity contribution in [2.24, 2.45) is 9.98 Å². The summed E-state index contributed by atoms with van der Waals surface area (Å²) in [6.07, 6.45) is 3.64. The second-order valence-electron chi connectivity index (χ2n) is 3.03. The van der Waals surface area contributed by atoms with Gasteiger partial charge in [0.1, 0.15) is 0 Å². The van der Waals surface area contributed by atoms with E-state index in [1.165, 1.54) is 0 Å². The van der Waals surface area contributed by atoms with Crippen molar-refractivity contribution in [2.45, 2.75) is 27.7 Å². The van der Waals surface area contributed by atoms with E-state index in [4.69, 9.17) is 0 Å². The summed E-state index contributed by atoms with van der Waals surface area (Å²) in [4.78, 5) is 8.55. The van der Waals surface area contributed by atoms with Crippen molar-refractivity contribution in [3.8, 4) is 0 Å². The average Bonchev–Trinajstić information content (AvgIpc) is 2.17. The molecule has 2 nitrogen and oxygen atoms in total. The highest BCUT2D eigenvalue weighted by molar-refractivity contribution is 6.02. The molecule has 0 rings (SSSR count). The van der Waals surface area contributed by atoms with Gasteiger partial charge >= 0.3 is 0 Å². The van der Waals surface area contributed by atoms with Gasteiger partial charge in [0.15, 0.2) is 0 Å². The van der Waals surface area contributed by atoms with Crippen LogP contribution in [0.15, 0.2) is 46.7 Å². The Bertz CT molecular complexity index is 317. The van der Waals surface area contributed by atoms with Gasteiger partial charge in [0.05, 0.1) is 11.4 Å². The number of aliphatic imine (C=N–C) groups is 2. The van der Waals surface area contributed by atoms with E-state index in [1.807, 2.05) is 33.8 Å². The number of allylic oxidation sites excluding steroid dienone is 4. The van der Waals surface area contributed by atoms with Gasteiger partial charge in [-0.2, -0.15) is 0 Å². The topological polar surface area (TPSA) is 24.7 Å². The van der Waals surface area contributed by atoms with Crippen LogP contribution in [0.3, 0.4) is 0 Å². The molecule has 0 radical (unpaired) electrons. The number of hydrogen-bond acceptors (Lipinski definition) is 2. The van der Waals surface area contributed by atoms with Gasteiger partial charge in [0, 0.05) is 11.4 Å². The molecule has 0 unspecified atom stereocenters. The van der Waals surface area contributed by atoms with Crippen molar-refractivity contribution >= 4 is 11.4 Å². The van der Waals surface area contributed by atoms with Crippen LogP contribution in [-0.4, -0.2) is 11.4 Å². The fraction of sp³-hybridized carbons (Fsp3) is 0.333. The van der Waals surface area contributed by atoms with Gasteiger partial charge in [-0.1, -0.05) is 19.2 Å². The fourth-order valence-electron chi connectivity index (χ4n) is 0.733. The lowest BCUT2D eigenvalue weighted by molar-refractivity contribution is 1.26. The summed E-state index contributed by atoms with van der Waals surface area (Å²) in [6, 6.07) is 0. The van der Waals surface area contributed by atoms with Gasteiger partial charge in [-0.3, -0.25) is 9.98 Å². The molecule has 0 fully saturated rings. The normalized spacial score (nSPS) is 14.1. The molecule has 0 heterocycles. The lowest BCUT2D eigenvalue weighted by Crippen LogP contribution is -1.96. The maximum Gasteiger partial charge on any atom is 0.0773 e. The molecule has 0 aliphatic heterocycles. The molecule has 0 N–H and O–H groups in total. The van der Waals surface area contributed by atoms with E-state index in [9.17, 15) is 0 Å². The molecule has 14 heavy (non-hydrogen) atoms. The van der Waals surface area contributed by atoms with Gasteiger partial charge in [-0.05, 0) is 33.8 Å². The maximum atomic E-state index is 4.32. The number of nitrogens with zero attached hydrogens (tertiary/aromatic N) is 2. The second-order valence-corrected chi connectivity index (χ2v) is 3.03. The van der Waals surface area contributed by atoms with E-state index in [-0.39, 0.29) is 0 Å². The van der Waals surface area contributed by atoms with Crippen LogP contribution < -0.4 is 0 Å². The summed E-state index contributed by atoms with van der Waals surface area (Å²) in [5.41, 5.74) is 3.34. The molecule has 0 aliphatic rings. The third-order valence-corrected chi connectivity index (χ3v) is 1.79. The fourth-order valence-corrected chi connectivity index (χ4v) is 0.733. The molecule has 0 atom stereocenters. The highest BCUT2D eigenvalue weighted by Crippen LogP contribution is 2.03. The van der Waals surface area contributed by atoms with Crippen LogP contribution >= 0.6 is 0 Å². The largest absolute Gasteiger partial charge is 0.257 e. The molecule has 76 valence electrons. The molecule has 0 aromatic rings. The Labute approximate surface area is 86.5 Å². The Morgan fingerprint density at radius 3 is 2.14 bits per heavy atom. The zero-order valence-corrected chi connectivity index (χ0v) is 9.46. The van der Waals surface area contributed by atoms with E-state index >= 15 is 0 Å². The number of hydrogen-bond donors (Lipinski definition) is 0. The number of rotatable bonds is 4. The van der Waals surface area contributed by atoms with Crippen LogP contribution in [-0.2, 0) is 0 Å². The summed E-state index contributed by atoms with van der Waals surface area (Å²) in [5.74, 6) is 0. The predicted octanol–water partition coefficient (Wildman–Crippen LogP) is 3.53. The van der Waals surface area contributed by atoms with E-state index in [0.717, 1.165) is 17.1 Å². The van der Waals surface area contributed by atoms with Crippen molar-refractivity contribution in [1.29, 1.82) is 0 Å². The summed E-state index contributed by atoms with van der Waals surface area (Å²) >= 11 is 0. The summed E-state index contributed by atoms with van der Waals surface area (Å²) < 4.78 is 0. The molecular formula is C12H18N2. The van der Waals surface area contributed by atoms with Crippen molar-refractivity contribution < 1.29 is 0 Å². The van der Waals surface area contributed by atoms with Crippen LogP contribution in [0.4, 0.5) is 0 Å². The maximum absolute atomic E-state index is 4.32. The van der Waals surface area contributed by atoms with E-state index in [1.54, 1.807) is 6.08 Å². The van der Waals surface area contributed by atoms with E-state index in [2.05, 4.69) is 23.1 Å². The highest BCUT2D eigenvalue weighted by Gasteiger charge is 1.96. The first kappa shape index (κ1) is 12.6. The highest BCUT2D eigenvalue weighted by atomic mass is 14.8. The predicted molar refractivity (Wildman–Crippen MR) is 65.0 cm³/mol. The minimum absolute atomic E-state index is 0.684. The molecule has 0 bridgehead atoms. The van der Waals surface area contributed by atoms with Gasteiger partial charge in [0.25, 0.3) is 0 Å². The van der Waals surface area contributed by atoms with Crippen molar-refractivity contribution in [1.82, 2.24) is 0 Å². The zero-order valence-electron chi connectivity index (χ0n) is 9.46. The molecule has 0 spiro atoms. The van der Waals surface area contributed by atoms with Crippen LogP contribution in [0.5, 0.6) is 0 Å². The Morgan fingerprint density at radius 1 is 1.14 bits per heavy atom. The Kier molecular flexibility index (Phi) is 5.46.